The molecule has 1 atom stereocenters. The number of carbonyl (C=O) groups is 1. The molecule has 3 aromatic rings. The Hall–Kier alpha value is -3.70. The van der Waals surface area contributed by atoms with Crippen LogP contribution in [-0.4, -0.2) is 26.7 Å². The summed E-state index contributed by atoms with van der Waals surface area (Å²) in [6, 6.07) is 5.48. The summed E-state index contributed by atoms with van der Waals surface area (Å²) in [6.45, 7) is 4.07. The fraction of sp³-hybridized carbons (Fsp3) is 0.304. The summed E-state index contributed by atoms with van der Waals surface area (Å²) >= 11 is 0. The summed E-state index contributed by atoms with van der Waals surface area (Å²) in [4.78, 5) is 23.0. The predicted octanol–water partition coefficient (Wildman–Crippen LogP) is 6.31. The normalized spacial score (nSPS) is 13.1. The first-order valence-electron chi connectivity index (χ1n) is 10.2. The molecule has 0 bridgehead atoms. The van der Waals surface area contributed by atoms with Gasteiger partial charge in [0.25, 0.3) is 5.69 Å². The molecule has 0 aliphatic carbocycles. The van der Waals surface area contributed by atoms with Crippen molar-refractivity contribution >= 4 is 11.5 Å². The van der Waals surface area contributed by atoms with Crippen LogP contribution < -0.4 is 0 Å². The van der Waals surface area contributed by atoms with Gasteiger partial charge in [0.05, 0.1) is 4.92 Å². The zero-order valence-corrected chi connectivity index (χ0v) is 18.7. The molecule has 1 heterocycles. The summed E-state index contributed by atoms with van der Waals surface area (Å²) in [5, 5.41) is 14.1. The van der Waals surface area contributed by atoms with E-state index in [4.69, 9.17) is 0 Å². The van der Waals surface area contributed by atoms with Gasteiger partial charge in [0, 0.05) is 29.8 Å². The molecule has 2 aromatic carbocycles. The third-order valence-corrected chi connectivity index (χ3v) is 5.52. The Morgan fingerprint density at radius 1 is 1.03 bits per heavy atom. The highest BCUT2D eigenvalue weighted by Crippen LogP contribution is 2.39. The number of nitro benzene ring substituents is 1. The number of nitro groups is 1. The molecule has 0 aliphatic rings. The second-order valence-corrected chi connectivity index (χ2v) is 8.10. The Bertz CT molecular complexity index is 1270. The summed E-state index contributed by atoms with van der Waals surface area (Å²) in [6.07, 6.45) is -10.1. The topological polar surface area (TPSA) is 78.0 Å². The van der Waals surface area contributed by atoms with Gasteiger partial charge < -0.3 is 0 Å². The van der Waals surface area contributed by atoms with Crippen molar-refractivity contribution in [3.8, 4) is 0 Å². The maximum absolute atomic E-state index is 14.0. The van der Waals surface area contributed by atoms with E-state index < -0.39 is 34.8 Å². The predicted molar refractivity (Wildman–Crippen MR) is 113 cm³/mol. The third kappa shape index (κ3) is 5.52. The van der Waals surface area contributed by atoms with Crippen LogP contribution in [0.5, 0.6) is 0 Å². The molecule has 3 rings (SSSR count). The van der Waals surface area contributed by atoms with Crippen molar-refractivity contribution in [2.45, 2.75) is 45.6 Å². The van der Waals surface area contributed by atoms with Gasteiger partial charge in [-0.2, -0.15) is 31.4 Å². The maximum atomic E-state index is 14.0. The van der Waals surface area contributed by atoms with Crippen LogP contribution in [0.4, 0.5) is 32.0 Å². The first-order chi connectivity index (χ1) is 16.1. The monoisotopic (exact) mass is 499 g/mol. The highest BCUT2D eigenvalue weighted by Gasteiger charge is 2.45. The Balaban J connectivity index is 2.01. The van der Waals surface area contributed by atoms with E-state index in [0.717, 1.165) is 25.1 Å². The quantitative estimate of drug-likeness (QED) is 0.172. The molecule has 0 amide bonds. The average Bonchev–Trinajstić information content (AvgIpc) is 3.11. The smallest absolute Gasteiger partial charge is 0.294 e. The van der Waals surface area contributed by atoms with Gasteiger partial charge in [-0.3, -0.25) is 19.6 Å². The molecule has 1 unspecified atom stereocenters. The summed E-state index contributed by atoms with van der Waals surface area (Å²) < 4.78 is 81.5. The molecule has 1 aromatic heterocycles. The lowest BCUT2D eigenvalue weighted by molar-refractivity contribution is -0.384. The zero-order chi connectivity index (χ0) is 26.3. The molecule has 35 heavy (non-hydrogen) atoms. The molecule has 6 nitrogen and oxygen atoms in total. The van der Waals surface area contributed by atoms with E-state index in [1.54, 1.807) is 0 Å². The van der Waals surface area contributed by atoms with Gasteiger partial charge in [0.2, 0.25) is 0 Å². The van der Waals surface area contributed by atoms with Crippen LogP contribution in [0.1, 0.15) is 50.0 Å². The SMILES string of the molecule is Cc1cc(C(n2nc(C(F)(F)F)cc2C)C(F)(F)F)cc(C)c1CC(=O)c1cccc([N+](=O)[O-])c1. The fourth-order valence-electron chi connectivity index (χ4n) is 3.88. The highest BCUT2D eigenvalue weighted by molar-refractivity contribution is 5.98. The van der Waals surface area contributed by atoms with Crippen molar-refractivity contribution in [1.29, 1.82) is 0 Å². The summed E-state index contributed by atoms with van der Waals surface area (Å²) in [7, 11) is 0. The second kappa shape index (κ2) is 9.16. The first-order valence-corrected chi connectivity index (χ1v) is 10.2. The molecule has 0 spiro atoms. The number of aromatic nitrogens is 2. The zero-order valence-electron chi connectivity index (χ0n) is 18.7. The van der Waals surface area contributed by atoms with Gasteiger partial charge in [-0.25, -0.2) is 0 Å². The van der Waals surface area contributed by atoms with Crippen LogP contribution in [-0.2, 0) is 12.6 Å². The van der Waals surface area contributed by atoms with Crippen molar-refractivity contribution in [1.82, 2.24) is 9.78 Å². The molecule has 186 valence electrons. The van der Waals surface area contributed by atoms with Gasteiger partial charge in [-0.05, 0) is 49.1 Å². The van der Waals surface area contributed by atoms with E-state index in [9.17, 15) is 41.3 Å². The van der Waals surface area contributed by atoms with Crippen LogP contribution in [0.15, 0.2) is 42.5 Å². The van der Waals surface area contributed by atoms with Crippen LogP contribution in [0.3, 0.4) is 0 Å². The van der Waals surface area contributed by atoms with Gasteiger partial charge in [-0.1, -0.05) is 24.3 Å². The Kier molecular flexibility index (Phi) is 6.78. The minimum atomic E-state index is -4.96. The Morgan fingerprint density at radius 3 is 2.11 bits per heavy atom. The Morgan fingerprint density at radius 2 is 1.63 bits per heavy atom. The molecule has 0 saturated heterocycles. The van der Waals surface area contributed by atoms with Crippen molar-refractivity contribution in [2.75, 3.05) is 0 Å². The second-order valence-electron chi connectivity index (χ2n) is 8.10. The number of hydrogen-bond donors (Lipinski definition) is 0. The van der Waals surface area contributed by atoms with Crippen molar-refractivity contribution in [3.05, 3.63) is 91.8 Å². The lowest BCUT2D eigenvalue weighted by Gasteiger charge is -2.24. The van der Waals surface area contributed by atoms with E-state index in [0.29, 0.717) is 27.4 Å². The van der Waals surface area contributed by atoms with E-state index in [2.05, 4.69) is 5.10 Å². The van der Waals surface area contributed by atoms with Gasteiger partial charge >= 0.3 is 12.4 Å². The van der Waals surface area contributed by atoms with E-state index in [1.807, 2.05) is 0 Å². The van der Waals surface area contributed by atoms with Crippen LogP contribution in [0.2, 0.25) is 0 Å². The van der Waals surface area contributed by atoms with E-state index in [-0.39, 0.29) is 28.9 Å². The fourth-order valence-corrected chi connectivity index (χ4v) is 3.88. The van der Waals surface area contributed by atoms with Gasteiger partial charge in [0.1, 0.15) is 0 Å². The number of hydrogen-bond acceptors (Lipinski definition) is 4. The van der Waals surface area contributed by atoms with Crippen molar-refractivity contribution in [2.24, 2.45) is 0 Å². The number of Topliss-reactive ketones (excluding diaryl/α,β-unsaturated/α-hetero) is 1. The minimum absolute atomic E-state index is 0.0714. The summed E-state index contributed by atoms with van der Waals surface area (Å²) in [5.74, 6) is -0.474. The number of non-ortho nitro benzene ring substituents is 1. The molecule has 0 fully saturated rings. The lowest BCUT2D eigenvalue weighted by Crippen LogP contribution is -2.30. The number of aryl methyl sites for hydroxylation is 3. The molecular formula is C23H19F6N3O3. The molecule has 12 heteroatoms. The number of rotatable bonds is 6. The van der Waals surface area contributed by atoms with Gasteiger partial charge in [-0.15, -0.1) is 0 Å². The molecule has 0 N–H and O–H groups in total. The maximum Gasteiger partial charge on any atom is 0.435 e. The number of carbonyl (C=O) groups excluding carboxylic acids is 1. The molecular weight excluding hydrogens is 480 g/mol. The standard InChI is InChI=1S/C23H19F6N3O3/c1-12-7-16(21(23(27,28)29)31-14(3)9-20(30-31)22(24,25)26)8-13(2)18(12)11-19(33)15-5-4-6-17(10-15)32(34)35/h4-10,21H,11H2,1-3H3. The first kappa shape index (κ1) is 25.9. The molecule has 0 aliphatic heterocycles. The lowest BCUT2D eigenvalue weighted by atomic mass is 9.91. The average molecular weight is 499 g/mol. The summed E-state index contributed by atoms with van der Waals surface area (Å²) in [5.41, 5.74) is -1.25. The van der Waals surface area contributed by atoms with Gasteiger partial charge in [0.15, 0.2) is 17.5 Å². The number of alkyl halides is 6. The Labute approximate surface area is 195 Å². The number of halogens is 6. The van der Waals surface area contributed by atoms with Crippen LogP contribution >= 0.6 is 0 Å². The molecule has 0 radical (unpaired) electrons. The van der Waals surface area contributed by atoms with E-state index >= 15 is 0 Å². The van der Waals surface area contributed by atoms with Crippen LogP contribution in [0, 0.1) is 30.9 Å². The van der Waals surface area contributed by atoms with Crippen molar-refractivity contribution < 1.29 is 36.1 Å². The van der Waals surface area contributed by atoms with E-state index in [1.165, 1.54) is 32.0 Å². The highest BCUT2D eigenvalue weighted by atomic mass is 19.4. The molecule has 0 saturated carbocycles. The van der Waals surface area contributed by atoms with Crippen molar-refractivity contribution in [3.63, 3.8) is 0 Å². The third-order valence-electron chi connectivity index (χ3n) is 5.52. The number of benzene rings is 2. The largest absolute Gasteiger partial charge is 0.435 e. The van der Waals surface area contributed by atoms with Crippen LogP contribution in [0.25, 0.3) is 0 Å². The minimum Gasteiger partial charge on any atom is -0.294 e. The number of ketones is 1. The number of nitrogens with zero attached hydrogens (tertiary/aromatic N) is 3.